The predicted octanol–water partition coefficient (Wildman–Crippen LogP) is 2.02. The topological polar surface area (TPSA) is 58.4 Å². The van der Waals surface area contributed by atoms with Gasteiger partial charge in [0.05, 0.1) is 6.04 Å². The van der Waals surface area contributed by atoms with Gasteiger partial charge in [-0.15, -0.1) is 0 Å². The van der Waals surface area contributed by atoms with E-state index in [1.807, 2.05) is 6.07 Å². The van der Waals surface area contributed by atoms with Gasteiger partial charge in [0, 0.05) is 18.7 Å². The van der Waals surface area contributed by atoms with Gasteiger partial charge in [-0.1, -0.05) is 19.4 Å². The van der Waals surface area contributed by atoms with E-state index in [0.29, 0.717) is 18.4 Å². The fourth-order valence-corrected chi connectivity index (χ4v) is 3.38. The number of fused-ring (bicyclic) bond motifs is 3. The quantitative estimate of drug-likeness (QED) is 0.816. The van der Waals surface area contributed by atoms with Crippen LogP contribution >= 0.6 is 0 Å². The molecule has 4 heteroatoms. The first-order chi connectivity index (χ1) is 9.19. The van der Waals surface area contributed by atoms with Gasteiger partial charge in [-0.3, -0.25) is 10.2 Å². The van der Waals surface area contributed by atoms with E-state index in [4.69, 9.17) is 5.73 Å². The number of hydrogen-bond donors (Lipinski definition) is 2. The summed E-state index contributed by atoms with van der Waals surface area (Å²) in [6.07, 6.45) is 3.84. The summed E-state index contributed by atoms with van der Waals surface area (Å²) in [5.41, 5.74) is 12.4. The highest BCUT2D eigenvalue weighted by Gasteiger charge is 2.41. The highest BCUT2D eigenvalue weighted by atomic mass is 16.2. The molecule has 0 radical (unpaired) electrons. The fourth-order valence-electron chi connectivity index (χ4n) is 3.38. The van der Waals surface area contributed by atoms with Gasteiger partial charge in [-0.05, 0) is 42.0 Å². The number of benzene rings is 1. The maximum absolute atomic E-state index is 11.8. The number of amides is 1. The second-order valence-corrected chi connectivity index (χ2v) is 5.65. The molecule has 2 atom stereocenters. The smallest absolute Gasteiger partial charge is 0.234 e. The molecule has 1 aliphatic heterocycles. The third-order valence-electron chi connectivity index (χ3n) is 4.22. The molecule has 4 nitrogen and oxygen atoms in total. The van der Waals surface area contributed by atoms with Crippen molar-refractivity contribution in [1.82, 2.24) is 10.4 Å². The van der Waals surface area contributed by atoms with E-state index < -0.39 is 0 Å². The molecule has 2 aliphatic rings. The number of unbranched alkanes of at least 4 members (excludes halogenated alkanes) is 1. The summed E-state index contributed by atoms with van der Waals surface area (Å²) in [7, 11) is 0. The average molecular weight is 259 g/mol. The van der Waals surface area contributed by atoms with E-state index in [9.17, 15) is 4.79 Å². The molecular formula is C15H21N3O. The SMILES string of the molecule is CCCCN1NC(=O)CC2Cc3cc(N)ccc3C21. The number of nitrogens with two attached hydrogens (primary N) is 1. The number of rotatable bonds is 3. The number of anilines is 1. The molecule has 0 spiro atoms. The zero-order valence-corrected chi connectivity index (χ0v) is 11.4. The standard InChI is InChI=1S/C15H21N3O/c1-2-3-6-18-15-11(9-14(19)17-18)7-10-8-12(16)4-5-13(10)15/h4-5,8,11,15H,2-3,6-7,9,16H2,1H3,(H,17,19). The van der Waals surface area contributed by atoms with E-state index in [-0.39, 0.29) is 5.91 Å². The number of carbonyl (C=O) groups excluding carboxylic acids is 1. The number of nitrogens with zero attached hydrogens (tertiary/aromatic N) is 1. The Bertz CT molecular complexity index is 500. The second-order valence-electron chi connectivity index (χ2n) is 5.65. The minimum Gasteiger partial charge on any atom is -0.399 e. The normalized spacial score (nSPS) is 25.8. The van der Waals surface area contributed by atoms with Crippen molar-refractivity contribution in [3.63, 3.8) is 0 Å². The molecule has 1 amide bonds. The first-order valence-electron chi connectivity index (χ1n) is 7.13. The van der Waals surface area contributed by atoms with Gasteiger partial charge >= 0.3 is 0 Å². The van der Waals surface area contributed by atoms with Crippen molar-refractivity contribution in [3.8, 4) is 0 Å². The van der Waals surface area contributed by atoms with Gasteiger partial charge in [0.15, 0.2) is 0 Å². The highest BCUT2D eigenvalue weighted by molar-refractivity contribution is 5.77. The third-order valence-corrected chi connectivity index (χ3v) is 4.22. The van der Waals surface area contributed by atoms with E-state index in [1.54, 1.807) is 0 Å². The molecule has 0 saturated carbocycles. The molecule has 1 aliphatic carbocycles. The molecule has 1 heterocycles. The molecular weight excluding hydrogens is 238 g/mol. The van der Waals surface area contributed by atoms with Gasteiger partial charge < -0.3 is 5.73 Å². The zero-order valence-electron chi connectivity index (χ0n) is 11.4. The van der Waals surface area contributed by atoms with E-state index in [0.717, 1.165) is 31.5 Å². The summed E-state index contributed by atoms with van der Waals surface area (Å²) in [6.45, 7) is 3.10. The summed E-state index contributed by atoms with van der Waals surface area (Å²) in [6, 6.07) is 6.50. The maximum atomic E-state index is 11.8. The monoisotopic (exact) mass is 259 g/mol. The average Bonchev–Trinajstić information content (AvgIpc) is 2.72. The van der Waals surface area contributed by atoms with Crippen molar-refractivity contribution >= 4 is 11.6 Å². The Morgan fingerprint density at radius 1 is 1.42 bits per heavy atom. The van der Waals surface area contributed by atoms with Gasteiger partial charge in [0.25, 0.3) is 0 Å². The van der Waals surface area contributed by atoms with Gasteiger partial charge in [-0.2, -0.15) is 0 Å². The molecule has 1 aromatic carbocycles. The van der Waals surface area contributed by atoms with Crippen LogP contribution in [0.4, 0.5) is 5.69 Å². The molecule has 1 aromatic rings. The lowest BCUT2D eigenvalue weighted by Crippen LogP contribution is -2.51. The number of carbonyl (C=O) groups is 1. The van der Waals surface area contributed by atoms with Crippen LogP contribution in [0.15, 0.2) is 18.2 Å². The van der Waals surface area contributed by atoms with Crippen molar-refractivity contribution in [3.05, 3.63) is 29.3 Å². The summed E-state index contributed by atoms with van der Waals surface area (Å²) < 4.78 is 0. The Morgan fingerprint density at radius 3 is 3.05 bits per heavy atom. The summed E-state index contributed by atoms with van der Waals surface area (Å²) in [5, 5.41) is 2.14. The Labute approximate surface area is 113 Å². The molecule has 1 fully saturated rings. The molecule has 1 saturated heterocycles. The van der Waals surface area contributed by atoms with E-state index >= 15 is 0 Å². The van der Waals surface area contributed by atoms with Crippen molar-refractivity contribution in [2.75, 3.05) is 12.3 Å². The number of hydrazine groups is 1. The zero-order chi connectivity index (χ0) is 13.4. The predicted molar refractivity (Wildman–Crippen MR) is 75.2 cm³/mol. The molecule has 0 aromatic heterocycles. The molecule has 3 rings (SSSR count). The molecule has 102 valence electrons. The Morgan fingerprint density at radius 2 is 2.26 bits per heavy atom. The van der Waals surface area contributed by atoms with Crippen LogP contribution in [0.1, 0.15) is 43.4 Å². The Hall–Kier alpha value is -1.55. The summed E-state index contributed by atoms with van der Waals surface area (Å²) >= 11 is 0. The van der Waals surface area contributed by atoms with Gasteiger partial charge in [-0.25, -0.2) is 5.01 Å². The first kappa shape index (κ1) is 12.5. The van der Waals surface area contributed by atoms with Crippen LogP contribution in [0.2, 0.25) is 0 Å². The van der Waals surface area contributed by atoms with E-state index in [2.05, 4.69) is 29.5 Å². The summed E-state index contributed by atoms with van der Waals surface area (Å²) in [5.74, 6) is 0.556. The van der Waals surface area contributed by atoms with Crippen molar-refractivity contribution < 1.29 is 4.79 Å². The minimum atomic E-state index is 0.151. The van der Waals surface area contributed by atoms with Crippen LogP contribution in [0.25, 0.3) is 0 Å². The van der Waals surface area contributed by atoms with Gasteiger partial charge in [0.1, 0.15) is 0 Å². The molecule has 19 heavy (non-hydrogen) atoms. The van der Waals surface area contributed by atoms with Crippen LogP contribution in [0.5, 0.6) is 0 Å². The largest absolute Gasteiger partial charge is 0.399 e. The van der Waals surface area contributed by atoms with Crippen LogP contribution in [0, 0.1) is 5.92 Å². The lowest BCUT2D eigenvalue weighted by atomic mass is 9.94. The minimum absolute atomic E-state index is 0.151. The number of nitrogens with one attached hydrogen (secondary N) is 1. The lowest BCUT2D eigenvalue weighted by molar-refractivity contribution is -0.134. The second kappa shape index (κ2) is 4.85. The lowest BCUT2D eigenvalue weighted by Gasteiger charge is -2.38. The van der Waals surface area contributed by atoms with Crippen LogP contribution in [-0.4, -0.2) is 17.5 Å². The molecule has 2 unspecified atom stereocenters. The molecule has 3 N–H and O–H groups in total. The van der Waals surface area contributed by atoms with Crippen molar-refractivity contribution in [1.29, 1.82) is 0 Å². The van der Waals surface area contributed by atoms with Crippen molar-refractivity contribution in [2.24, 2.45) is 5.92 Å². The maximum Gasteiger partial charge on any atom is 0.234 e. The Kier molecular flexibility index (Phi) is 3.19. The molecule has 0 bridgehead atoms. The summed E-state index contributed by atoms with van der Waals surface area (Å²) in [4.78, 5) is 11.8. The van der Waals surface area contributed by atoms with Crippen LogP contribution in [0.3, 0.4) is 0 Å². The highest BCUT2D eigenvalue weighted by Crippen LogP contribution is 2.43. The van der Waals surface area contributed by atoms with E-state index in [1.165, 1.54) is 11.1 Å². The third kappa shape index (κ3) is 2.21. The van der Waals surface area contributed by atoms with Crippen LogP contribution in [-0.2, 0) is 11.2 Å². The van der Waals surface area contributed by atoms with Crippen LogP contribution < -0.4 is 11.2 Å². The number of hydrogen-bond acceptors (Lipinski definition) is 3. The van der Waals surface area contributed by atoms with Gasteiger partial charge in [0.2, 0.25) is 5.91 Å². The first-order valence-corrected chi connectivity index (χ1v) is 7.13. The Balaban J connectivity index is 1.90. The number of nitrogen functional groups attached to an aromatic ring is 1. The van der Waals surface area contributed by atoms with Crippen molar-refractivity contribution in [2.45, 2.75) is 38.6 Å². The fraction of sp³-hybridized carbons (Fsp3) is 0.533.